The normalized spacial score (nSPS) is 11.2. The average Bonchev–Trinajstić information content (AvgIpc) is 2.84. The number of rotatable bonds is 10. The number of hydrogen-bond donors (Lipinski definition) is 1. The standard InChI is InChI=1S/C23H22N4O6S/c1-2-33-21-13-11-18(12-14-21)16-24-25-23(28)17-26(19-7-6-8-20(15-19)27(29)30)34(31,32)22-9-4-3-5-10-22/h3-16H,2,17H2,1H3,(H,25,28)/b24-16-. The number of amides is 1. The molecule has 0 aliphatic carbocycles. The molecule has 11 heteroatoms. The summed E-state index contributed by atoms with van der Waals surface area (Å²) < 4.78 is 32.7. The fourth-order valence-corrected chi connectivity index (χ4v) is 4.39. The zero-order valence-corrected chi connectivity index (χ0v) is 19.0. The Balaban J connectivity index is 1.82. The Morgan fingerprint density at radius 2 is 1.79 bits per heavy atom. The summed E-state index contributed by atoms with van der Waals surface area (Å²) in [6.07, 6.45) is 1.40. The Morgan fingerprint density at radius 3 is 2.44 bits per heavy atom. The van der Waals surface area contributed by atoms with Crippen molar-refractivity contribution in [2.24, 2.45) is 5.10 Å². The summed E-state index contributed by atoms with van der Waals surface area (Å²) in [7, 11) is -4.19. The number of nitrogens with zero attached hydrogens (tertiary/aromatic N) is 3. The second-order valence-corrected chi connectivity index (χ2v) is 8.76. The van der Waals surface area contributed by atoms with Crippen molar-refractivity contribution >= 4 is 33.5 Å². The van der Waals surface area contributed by atoms with Crippen molar-refractivity contribution < 1.29 is 22.9 Å². The smallest absolute Gasteiger partial charge is 0.271 e. The first-order valence-electron chi connectivity index (χ1n) is 10.2. The van der Waals surface area contributed by atoms with Gasteiger partial charge in [0.1, 0.15) is 12.3 Å². The topological polar surface area (TPSA) is 131 Å². The van der Waals surface area contributed by atoms with E-state index in [9.17, 15) is 23.3 Å². The Hall–Kier alpha value is -4.25. The van der Waals surface area contributed by atoms with Crippen LogP contribution in [0.3, 0.4) is 0 Å². The summed E-state index contributed by atoms with van der Waals surface area (Å²) in [5.74, 6) is -0.0319. The van der Waals surface area contributed by atoms with Gasteiger partial charge in [-0.3, -0.25) is 19.2 Å². The highest BCUT2D eigenvalue weighted by molar-refractivity contribution is 7.92. The summed E-state index contributed by atoms with van der Waals surface area (Å²) in [6.45, 7) is 1.77. The molecule has 0 saturated carbocycles. The molecule has 0 bridgehead atoms. The highest BCUT2D eigenvalue weighted by Crippen LogP contribution is 2.26. The SMILES string of the molecule is CCOc1ccc(/C=N\NC(=O)CN(c2cccc([N+](=O)[O-])c2)S(=O)(=O)c2ccccc2)cc1. The first-order valence-corrected chi connectivity index (χ1v) is 11.6. The first-order chi connectivity index (χ1) is 16.3. The molecule has 0 spiro atoms. The number of hydrogen-bond acceptors (Lipinski definition) is 7. The number of nitro groups is 1. The number of anilines is 1. The summed E-state index contributed by atoms with van der Waals surface area (Å²) in [6, 6.07) is 19.5. The maximum atomic E-state index is 13.3. The molecule has 0 aliphatic heterocycles. The van der Waals surface area contributed by atoms with Crippen molar-refractivity contribution in [3.63, 3.8) is 0 Å². The third kappa shape index (κ3) is 6.17. The fourth-order valence-electron chi connectivity index (χ4n) is 2.96. The monoisotopic (exact) mass is 482 g/mol. The average molecular weight is 483 g/mol. The van der Waals surface area contributed by atoms with Gasteiger partial charge in [0.25, 0.3) is 21.6 Å². The Kier molecular flexibility index (Phi) is 7.93. The van der Waals surface area contributed by atoms with E-state index in [2.05, 4.69) is 10.5 Å². The van der Waals surface area contributed by atoms with Crippen LogP contribution in [-0.4, -0.2) is 38.6 Å². The van der Waals surface area contributed by atoms with E-state index in [0.29, 0.717) is 17.9 Å². The van der Waals surface area contributed by atoms with Gasteiger partial charge in [0.15, 0.2) is 0 Å². The van der Waals surface area contributed by atoms with Crippen molar-refractivity contribution in [1.82, 2.24) is 5.43 Å². The van der Waals surface area contributed by atoms with Crippen LogP contribution in [0.15, 0.2) is 88.9 Å². The second kappa shape index (κ2) is 11.1. The molecule has 3 aromatic carbocycles. The molecule has 0 unspecified atom stereocenters. The van der Waals surface area contributed by atoms with E-state index in [0.717, 1.165) is 10.4 Å². The van der Waals surface area contributed by atoms with Gasteiger partial charge in [-0.25, -0.2) is 13.8 Å². The van der Waals surface area contributed by atoms with Gasteiger partial charge >= 0.3 is 0 Å². The van der Waals surface area contributed by atoms with E-state index < -0.39 is 27.4 Å². The van der Waals surface area contributed by atoms with Crippen LogP contribution in [0, 0.1) is 10.1 Å². The van der Waals surface area contributed by atoms with Crippen molar-refractivity contribution in [1.29, 1.82) is 0 Å². The largest absolute Gasteiger partial charge is 0.494 e. The molecule has 0 heterocycles. The third-order valence-corrected chi connectivity index (χ3v) is 6.33. The number of carbonyl (C=O) groups excluding carboxylic acids is 1. The number of carbonyl (C=O) groups is 1. The highest BCUT2D eigenvalue weighted by atomic mass is 32.2. The first kappa shape index (κ1) is 24.4. The molecule has 0 atom stereocenters. The molecule has 1 amide bonds. The van der Waals surface area contributed by atoms with E-state index in [1.165, 1.54) is 36.5 Å². The fraction of sp³-hybridized carbons (Fsp3) is 0.130. The second-order valence-electron chi connectivity index (χ2n) is 6.90. The van der Waals surface area contributed by atoms with E-state index in [-0.39, 0.29) is 16.3 Å². The summed E-state index contributed by atoms with van der Waals surface area (Å²) in [5.41, 5.74) is 2.65. The quantitative estimate of drug-likeness (QED) is 0.268. The molecule has 3 rings (SSSR count). The van der Waals surface area contributed by atoms with Gasteiger partial charge < -0.3 is 4.74 Å². The predicted octanol–water partition coefficient (Wildman–Crippen LogP) is 3.34. The molecular weight excluding hydrogens is 460 g/mol. The molecule has 34 heavy (non-hydrogen) atoms. The van der Waals surface area contributed by atoms with Gasteiger partial charge in [-0.05, 0) is 55.0 Å². The van der Waals surface area contributed by atoms with Crippen LogP contribution in [0.2, 0.25) is 0 Å². The van der Waals surface area contributed by atoms with Crippen LogP contribution in [0.4, 0.5) is 11.4 Å². The van der Waals surface area contributed by atoms with Gasteiger partial charge in [0.05, 0.1) is 28.3 Å². The lowest BCUT2D eigenvalue weighted by Gasteiger charge is -2.23. The van der Waals surface area contributed by atoms with Crippen molar-refractivity contribution in [2.75, 3.05) is 17.5 Å². The minimum atomic E-state index is -4.19. The third-order valence-electron chi connectivity index (χ3n) is 4.54. The number of nitro benzene ring substituents is 1. The minimum absolute atomic E-state index is 0.0244. The van der Waals surface area contributed by atoms with Crippen molar-refractivity contribution in [3.05, 3.63) is 94.5 Å². The molecule has 10 nitrogen and oxygen atoms in total. The van der Waals surface area contributed by atoms with Crippen molar-refractivity contribution in [2.45, 2.75) is 11.8 Å². The van der Waals surface area contributed by atoms with Crippen LogP contribution in [0.25, 0.3) is 0 Å². The van der Waals surface area contributed by atoms with Gasteiger partial charge in [0, 0.05) is 12.1 Å². The van der Waals surface area contributed by atoms with Crippen LogP contribution in [0.1, 0.15) is 12.5 Å². The van der Waals surface area contributed by atoms with E-state index >= 15 is 0 Å². The highest BCUT2D eigenvalue weighted by Gasteiger charge is 2.28. The van der Waals surface area contributed by atoms with E-state index in [1.54, 1.807) is 42.5 Å². The maximum absolute atomic E-state index is 13.3. The zero-order chi connectivity index (χ0) is 24.6. The number of non-ortho nitro benzene ring substituents is 1. The molecule has 1 N–H and O–H groups in total. The van der Waals surface area contributed by atoms with Gasteiger partial charge in [-0.2, -0.15) is 5.10 Å². The number of nitrogens with one attached hydrogen (secondary N) is 1. The van der Waals surface area contributed by atoms with Gasteiger partial charge in [-0.1, -0.05) is 24.3 Å². The summed E-state index contributed by atoms with van der Waals surface area (Å²) in [5, 5.41) is 15.1. The van der Waals surface area contributed by atoms with E-state index in [1.807, 2.05) is 6.92 Å². The van der Waals surface area contributed by atoms with Crippen LogP contribution in [-0.2, 0) is 14.8 Å². The summed E-state index contributed by atoms with van der Waals surface area (Å²) >= 11 is 0. The summed E-state index contributed by atoms with van der Waals surface area (Å²) in [4.78, 5) is 23.0. The lowest BCUT2D eigenvalue weighted by Crippen LogP contribution is -2.39. The molecule has 0 radical (unpaired) electrons. The zero-order valence-electron chi connectivity index (χ0n) is 18.2. The Morgan fingerprint density at radius 1 is 1.09 bits per heavy atom. The molecule has 0 saturated heterocycles. The van der Waals surface area contributed by atoms with Crippen LogP contribution < -0.4 is 14.5 Å². The van der Waals surface area contributed by atoms with E-state index in [4.69, 9.17) is 4.74 Å². The van der Waals surface area contributed by atoms with Gasteiger partial charge in [-0.15, -0.1) is 0 Å². The number of ether oxygens (including phenoxy) is 1. The lowest BCUT2D eigenvalue weighted by molar-refractivity contribution is -0.384. The molecule has 0 fully saturated rings. The molecule has 176 valence electrons. The van der Waals surface area contributed by atoms with Gasteiger partial charge in [0.2, 0.25) is 0 Å². The van der Waals surface area contributed by atoms with Crippen LogP contribution >= 0.6 is 0 Å². The Labute approximate surface area is 196 Å². The number of benzene rings is 3. The molecular formula is C23H22N4O6S. The number of hydrazone groups is 1. The molecule has 0 aromatic heterocycles. The van der Waals surface area contributed by atoms with Crippen molar-refractivity contribution in [3.8, 4) is 5.75 Å². The lowest BCUT2D eigenvalue weighted by atomic mass is 10.2. The Bertz CT molecular complexity index is 1280. The maximum Gasteiger partial charge on any atom is 0.271 e. The predicted molar refractivity (Wildman–Crippen MR) is 127 cm³/mol. The number of sulfonamides is 1. The molecule has 0 aliphatic rings. The molecule has 3 aromatic rings. The minimum Gasteiger partial charge on any atom is -0.494 e. The van der Waals surface area contributed by atoms with Crippen LogP contribution in [0.5, 0.6) is 5.75 Å².